The molecule has 1 aliphatic carbocycles. The SMILES string of the molecule is CC.CN1CCC(CC2CC3CC2CN3C)CC1. The van der Waals surface area contributed by atoms with Gasteiger partial charge < -0.3 is 9.80 Å². The summed E-state index contributed by atoms with van der Waals surface area (Å²) < 4.78 is 0. The average molecular weight is 252 g/mol. The maximum absolute atomic E-state index is 2.59. The van der Waals surface area contributed by atoms with Crippen LogP contribution in [0, 0.1) is 17.8 Å². The van der Waals surface area contributed by atoms with Gasteiger partial charge >= 0.3 is 0 Å². The van der Waals surface area contributed by atoms with Crippen LogP contribution < -0.4 is 0 Å². The van der Waals surface area contributed by atoms with E-state index in [1.165, 1.54) is 45.3 Å². The highest BCUT2D eigenvalue weighted by Gasteiger charge is 2.43. The maximum Gasteiger partial charge on any atom is 0.00982 e. The van der Waals surface area contributed by atoms with E-state index in [0.717, 1.165) is 23.8 Å². The van der Waals surface area contributed by atoms with Crippen LogP contribution in [0.15, 0.2) is 0 Å². The van der Waals surface area contributed by atoms with E-state index in [4.69, 9.17) is 0 Å². The van der Waals surface area contributed by atoms with E-state index < -0.39 is 0 Å². The highest BCUT2D eigenvalue weighted by Crippen LogP contribution is 2.44. The van der Waals surface area contributed by atoms with Crippen molar-refractivity contribution in [1.29, 1.82) is 0 Å². The zero-order chi connectivity index (χ0) is 13.1. The molecule has 0 radical (unpaired) electrons. The van der Waals surface area contributed by atoms with Crippen molar-refractivity contribution in [2.45, 2.75) is 52.0 Å². The molecule has 3 rings (SSSR count). The van der Waals surface area contributed by atoms with E-state index in [2.05, 4.69) is 23.9 Å². The molecule has 106 valence electrons. The molecule has 3 fully saturated rings. The Morgan fingerprint density at radius 1 is 1.00 bits per heavy atom. The van der Waals surface area contributed by atoms with E-state index in [9.17, 15) is 0 Å². The summed E-state index contributed by atoms with van der Waals surface area (Å²) in [5, 5.41) is 0. The monoisotopic (exact) mass is 252 g/mol. The Morgan fingerprint density at radius 3 is 2.17 bits per heavy atom. The summed E-state index contributed by atoms with van der Waals surface area (Å²) in [6.07, 6.45) is 7.48. The molecule has 3 aliphatic rings. The van der Waals surface area contributed by atoms with Crippen molar-refractivity contribution in [2.24, 2.45) is 17.8 Å². The van der Waals surface area contributed by atoms with E-state index in [-0.39, 0.29) is 0 Å². The van der Waals surface area contributed by atoms with Crippen molar-refractivity contribution in [1.82, 2.24) is 9.80 Å². The minimum atomic E-state index is 0.946. The topological polar surface area (TPSA) is 6.48 Å². The van der Waals surface area contributed by atoms with Gasteiger partial charge in [-0.3, -0.25) is 0 Å². The Morgan fingerprint density at radius 2 is 1.67 bits per heavy atom. The standard InChI is InChI=1S/C14H26N2.C2H6/c1-15-5-3-11(4-6-15)7-12-8-14-9-13(12)10-16(14)2;1-2/h11-14H,3-10H2,1-2H3;1-2H3. The summed E-state index contributed by atoms with van der Waals surface area (Å²) in [7, 11) is 4.58. The first-order valence-electron chi connectivity index (χ1n) is 8.11. The summed E-state index contributed by atoms with van der Waals surface area (Å²) in [5.41, 5.74) is 0. The maximum atomic E-state index is 2.59. The van der Waals surface area contributed by atoms with E-state index in [0.29, 0.717) is 0 Å². The Balaban J connectivity index is 0.000000574. The third-order valence-electron chi connectivity index (χ3n) is 5.44. The second-order valence-electron chi connectivity index (χ2n) is 6.57. The number of nitrogens with zero attached hydrogens (tertiary/aromatic N) is 2. The first-order valence-corrected chi connectivity index (χ1v) is 8.11. The fraction of sp³-hybridized carbons (Fsp3) is 1.00. The van der Waals surface area contributed by atoms with Crippen molar-refractivity contribution in [2.75, 3.05) is 33.7 Å². The van der Waals surface area contributed by atoms with Gasteiger partial charge in [-0.15, -0.1) is 0 Å². The van der Waals surface area contributed by atoms with Crippen molar-refractivity contribution < 1.29 is 0 Å². The molecule has 3 unspecified atom stereocenters. The fourth-order valence-electron chi connectivity index (χ4n) is 4.30. The summed E-state index contributed by atoms with van der Waals surface area (Å²) in [6.45, 7) is 8.07. The lowest BCUT2D eigenvalue weighted by Crippen LogP contribution is -2.35. The minimum absolute atomic E-state index is 0.946. The normalized spacial score (nSPS) is 37.7. The van der Waals surface area contributed by atoms with Crippen LogP contribution in [0.2, 0.25) is 0 Å². The van der Waals surface area contributed by atoms with Crippen LogP contribution in [0.5, 0.6) is 0 Å². The minimum Gasteiger partial charge on any atom is -0.306 e. The molecule has 0 aromatic rings. The van der Waals surface area contributed by atoms with E-state index in [1.54, 1.807) is 6.42 Å². The lowest BCUT2D eigenvalue weighted by Gasteiger charge is -2.34. The molecule has 0 spiro atoms. The van der Waals surface area contributed by atoms with Gasteiger partial charge in [0.1, 0.15) is 0 Å². The van der Waals surface area contributed by atoms with Gasteiger partial charge in [0.2, 0.25) is 0 Å². The lowest BCUT2D eigenvalue weighted by molar-refractivity contribution is 0.151. The Hall–Kier alpha value is -0.0800. The van der Waals surface area contributed by atoms with E-state index >= 15 is 0 Å². The average Bonchev–Trinajstić information content (AvgIpc) is 2.93. The predicted molar refractivity (Wildman–Crippen MR) is 78.8 cm³/mol. The van der Waals surface area contributed by atoms with Gasteiger partial charge in [-0.25, -0.2) is 0 Å². The highest BCUT2D eigenvalue weighted by molar-refractivity contribution is 4.96. The molecule has 2 heterocycles. The molecule has 2 aliphatic heterocycles. The van der Waals surface area contributed by atoms with Crippen molar-refractivity contribution in [3.63, 3.8) is 0 Å². The van der Waals surface area contributed by atoms with Crippen LogP contribution in [-0.4, -0.2) is 49.6 Å². The second kappa shape index (κ2) is 6.38. The van der Waals surface area contributed by atoms with Gasteiger partial charge in [-0.2, -0.15) is 0 Å². The highest BCUT2D eigenvalue weighted by atomic mass is 15.2. The molecule has 2 heteroatoms. The molecule has 0 aromatic heterocycles. The molecular weight excluding hydrogens is 220 g/mol. The van der Waals surface area contributed by atoms with Gasteiger partial charge in [-0.05, 0) is 77.0 Å². The fourth-order valence-corrected chi connectivity index (χ4v) is 4.30. The summed E-state index contributed by atoms with van der Waals surface area (Å²) >= 11 is 0. The van der Waals surface area contributed by atoms with Gasteiger partial charge in [-0.1, -0.05) is 13.8 Å². The number of hydrogen-bond donors (Lipinski definition) is 0. The summed E-state index contributed by atoms with van der Waals surface area (Å²) in [6, 6.07) is 0.946. The Bertz CT molecular complexity index is 243. The quantitative estimate of drug-likeness (QED) is 0.745. The number of fused-ring (bicyclic) bond motifs is 2. The van der Waals surface area contributed by atoms with Gasteiger partial charge in [0, 0.05) is 12.6 Å². The molecule has 1 saturated carbocycles. The van der Waals surface area contributed by atoms with Crippen LogP contribution in [0.1, 0.15) is 46.0 Å². The summed E-state index contributed by atoms with van der Waals surface area (Å²) in [5.74, 6) is 3.18. The molecule has 2 bridgehead atoms. The smallest absolute Gasteiger partial charge is 0.00982 e. The Labute approximate surface area is 114 Å². The molecule has 18 heavy (non-hydrogen) atoms. The number of piperidine rings is 2. The third-order valence-corrected chi connectivity index (χ3v) is 5.44. The molecule has 0 N–H and O–H groups in total. The van der Waals surface area contributed by atoms with Crippen LogP contribution in [-0.2, 0) is 0 Å². The largest absolute Gasteiger partial charge is 0.306 e. The predicted octanol–water partition coefficient (Wildman–Crippen LogP) is 3.08. The van der Waals surface area contributed by atoms with Crippen LogP contribution in [0.4, 0.5) is 0 Å². The second-order valence-corrected chi connectivity index (χ2v) is 6.57. The molecule has 0 amide bonds. The zero-order valence-corrected chi connectivity index (χ0v) is 12.9. The molecule has 0 aromatic carbocycles. The van der Waals surface area contributed by atoms with Gasteiger partial charge in [0.15, 0.2) is 0 Å². The molecule has 3 atom stereocenters. The van der Waals surface area contributed by atoms with E-state index in [1.807, 2.05) is 13.8 Å². The van der Waals surface area contributed by atoms with Gasteiger partial charge in [0.05, 0.1) is 0 Å². The molecule has 2 saturated heterocycles. The van der Waals surface area contributed by atoms with Crippen LogP contribution >= 0.6 is 0 Å². The lowest BCUT2D eigenvalue weighted by atomic mass is 9.82. The number of rotatable bonds is 2. The van der Waals surface area contributed by atoms with Crippen molar-refractivity contribution in [3.8, 4) is 0 Å². The van der Waals surface area contributed by atoms with Gasteiger partial charge in [0.25, 0.3) is 0 Å². The first-order chi connectivity index (χ1) is 8.72. The zero-order valence-electron chi connectivity index (χ0n) is 12.9. The van der Waals surface area contributed by atoms with Crippen LogP contribution in [0.25, 0.3) is 0 Å². The Kier molecular flexibility index (Phi) is 5.08. The summed E-state index contributed by atoms with van der Waals surface area (Å²) in [4.78, 5) is 5.08. The molecular formula is C16H32N2. The first kappa shape index (κ1) is 14.3. The van der Waals surface area contributed by atoms with Crippen LogP contribution in [0.3, 0.4) is 0 Å². The van der Waals surface area contributed by atoms with Crippen molar-refractivity contribution in [3.05, 3.63) is 0 Å². The molecule has 2 nitrogen and oxygen atoms in total. The number of hydrogen-bond acceptors (Lipinski definition) is 2. The van der Waals surface area contributed by atoms with Crippen molar-refractivity contribution >= 4 is 0 Å². The third kappa shape index (κ3) is 3.08. The number of likely N-dealkylation sites (tertiary alicyclic amines) is 2.